The average molecular weight is 285 g/mol. The lowest BCUT2D eigenvalue weighted by Crippen LogP contribution is -2.27. The Morgan fingerprint density at radius 2 is 1.95 bits per heavy atom. The van der Waals surface area contributed by atoms with Crippen LogP contribution in [0.5, 0.6) is 0 Å². The molecule has 1 saturated carbocycles. The molecule has 0 radical (unpaired) electrons. The topological polar surface area (TPSA) is 40.5 Å². The van der Waals surface area contributed by atoms with Crippen LogP contribution in [0.15, 0.2) is 24.3 Å². The zero-order chi connectivity index (χ0) is 15.1. The molecule has 1 aromatic carbocycles. The number of rotatable bonds is 4. The summed E-state index contributed by atoms with van der Waals surface area (Å²) in [5.74, 6) is 6.33. The number of aliphatic hydroxyl groups is 1. The first kappa shape index (κ1) is 15.6. The molecular weight excluding hydrogens is 262 g/mol. The average Bonchev–Trinajstić information content (AvgIpc) is 2.99. The van der Waals surface area contributed by atoms with Crippen molar-refractivity contribution < 1.29 is 9.90 Å². The molecule has 0 aromatic heterocycles. The minimum absolute atomic E-state index is 0.125. The largest absolute Gasteiger partial charge is 0.384 e. The van der Waals surface area contributed by atoms with Gasteiger partial charge < -0.3 is 10.0 Å². The van der Waals surface area contributed by atoms with Gasteiger partial charge in [-0.3, -0.25) is 4.79 Å². The van der Waals surface area contributed by atoms with E-state index in [1.54, 1.807) is 0 Å². The van der Waals surface area contributed by atoms with Crippen LogP contribution in [0, 0.1) is 17.8 Å². The first-order valence-electron chi connectivity index (χ1n) is 7.61. The highest BCUT2D eigenvalue weighted by Crippen LogP contribution is 2.28. The lowest BCUT2D eigenvalue weighted by molar-refractivity contribution is -0.131. The van der Waals surface area contributed by atoms with Crippen LogP contribution in [0.2, 0.25) is 0 Å². The number of carbonyl (C=O) groups excluding carboxylic acids is 1. The van der Waals surface area contributed by atoms with Gasteiger partial charge in [0, 0.05) is 25.6 Å². The molecule has 21 heavy (non-hydrogen) atoms. The molecule has 1 aliphatic rings. The summed E-state index contributed by atoms with van der Waals surface area (Å²) in [5, 5.41) is 8.66. The Labute approximate surface area is 127 Å². The van der Waals surface area contributed by atoms with E-state index in [9.17, 15) is 4.79 Å². The molecule has 2 rings (SSSR count). The van der Waals surface area contributed by atoms with Gasteiger partial charge >= 0.3 is 0 Å². The number of carbonyl (C=O) groups is 1. The van der Waals surface area contributed by atoms with Gasteiger partial charge in [-0.1, -0.05) is 36.8 Å². The van der Waals surface area contributed by atoms with Gasteiger partial charge in [0.05, 0.1) is 0 Å². The maximum atomic E-state index is 12.2. The fraction of sp³-hybridized carbons (Fsp3) is 0.500. The molecule has 1 aromatic rings. The number of amides is 1. The van der Waals surface area contributed by atoms with E-state index >= 15 is 0 Å². The van der Waals surface area contributed by atoms with Crippen molar-refractivity contribution in [2.24, 2.45) is 5.92 Å². The smallest absolute Gasteiger partial charge is 0.222 e. The van der Waals surface area contributed by atoms with Gasteiger partial charge in [0.15, 0.2) is 0 Å². The van der Waals surface area contributed by atoms with Crippen molar-refractivity contribution in [2.45, 2.75) is 38.6 Å². The highest BCUT2D eigenvalue weighted by atomic mass is 16.2. The summed E-state index contributed by atoms with van der Waals surface area (Å²) < 4.78 is 0. The second-order valence-electron chi connectivity index (χ2n) is 5.76. The summed E-state index contributed by atoms with van der Waals surface area (Å²) in [7, 11) is 1.87. The quantitative estimate of drug-likeness (QED) is 0.864. The Morgan fingerprint density at radius 3 is 2.57 bits per heavy atom. The van der Waals surface area contributed by atoms with Crippen molar-refractivity contribution in [1.29, 1.82) is 0 Å². The lowest BCUT2D eigenvalue weighted by Gasteiger charge is -2.19. The van der Waals surface area contributed by atoms with Crippen LogP contribution in [0.4, 0.5) is 0 Å². The van der Waals surface area contributed by atoms with Crippen LogP contribution < -0.4 is 0 Å². The van der Waals surface area contributed by atoms with Gasteiger partial charge in [0.25, 0.3) is 0 Å². The standard InChI is InChI=1S/C18H23NO2/c1-19(18(21)13-16-5-2-3-6-16)14-17-10-8-15(9-11-17)7-4-12-20/h8-11,16,20H,2-3,5-6,12-14H2,1H3. The van der Waals surface area contributed by atoms with Gasteiger partial charge in [-0.25, -0.2) is 0 Å². The number of nitrogens with zero attached hydrogens (tertiary/aromatic N) is 1. The van der Waals surface area contributed by atoms with Gasteiger partial charge in [-0.15, -0.1) is 0 Å². The van der Waals surface area contributed by atoms with E-state index in [-0.39, 0.29) is 12.5 Å². The van der Waals surface area contributed by atoms with Crippen molar-refractivity contribution in [2.75, 3.05) is 13.7 Å². The van der Waals surface area contributed by atoms with E-state index in [0.29, 0.717) is 18.9 Å². The zero-order valence-electron chi connectivity index (χ0n) is 12.6. The van der Waals surface area contributed by atoms with Crippen molar-refractivity contribution in [3.8, 4) is 11.8 Å². The molecule has 1 fully saturated rings. The van der Waals surface area contributed by atoms with Crippen LogP contribution in [0.3, 0.4) is 0 Å². The summed E-state index contributed by atoms with van der Waals surface area (Å²) in [6.45, 7) is 0.513. The molecule has 0 spiro atoms. The highest BCUT2D eigenvalue weighted by Gasteiger charge is 2.20. The predicted octanol–water partition coefficient (Wildman–Crippen LogP) is 2.57. The van der Waals surface area contributed by atoms with Crippen LogP contribution in [-0.4, -0.2) is 29.6 Å². The van der Waals surface area contributed by atoms with Gasteiger partial charge in [0.2, 0.25) is 5.91 Å². The molecule has 3 nitrogen and oxygen atoms in total. The third kappa shape index (κ3) is 4.91. The summed E-state index contributed by atoms with van der Waals surface area (Å²) >= 11 is 0. The molecule has 1 N–H and O–H groups in total. The molecule has 3 heteroatoms. The van der Waals surface area contributed by atoms with Crippen LogP contribution >= 0.6 is 0 Å². The summed E-state index contributed by atoms with van der Waals surface area (Å²) in [6.07, 6.45) is 5.65. The molecule has 0 aliphatic heterocycles. The summed E-state index contributed by atoms with van der Waals surface area (Å²) in [4.78, 5) is 14.0. The van der Waals surface area contributed by atoms with Gasteiger partial charge in [-0.2, -0.15) is 0 Å². The highest BCUT2D eigenvalue weighted by molar-refractivity contribution is 5.76. The second-order valence-corrected chi connectivity index (χ2v) is 5.76. The number of benzene rings is 1. The van der Waals surface area contributed by atoms with Crippen LogP contribution in [-0.2, 0) is 11.3 Å². The maximum Gasteiger partial charge on any atom is 0.222 e. The van der Waals surface area contributed by atoms with Crippen molar-refractivity contribution in [3.05, 3.63) is 35.4 Å². The van der Waals surface area contributed by atoms with Crippen molar-refractivity contribution in [1.82, 2.24) is 4.90 Å². The van der Waals surface area contributed by atoms with Gasteiger partial charge in [0.1, 0.15) is 6.61 Å². The number of aliphatic hydroxyl groups excluding tert-OH is 1. The Bertz CT molecular complexity index is 518. The number of hydrogen-bond acceptors (Lipinski definition) is 2. The molecule has 0 unspecified atom stereocenters. The minimum Gasteiger partial charge on any atom is -0.384 e. The normalized spacial score (nSPS) is 14.6. The van der Waals surface area contributed by atoms with Gasteiger partial charge in [-0.05, 0) is 36.5 Å². The monoisotopic (exact) mass is 285 g/mol. The first-order valence-corrected chi connectivity index (χ1v) is 7.61. The first-order chi connectivity index (χ1) is 10.2. The Hall–Kier alpha value is -1.79. The van der Waals surface area contributed by atoms with Crippen molar-refractivity contribution >= 4 is 5.91 Å². The minimum atomic E-state index is -0.125. The van der Waals surface area contributed by atoms with E-state index < -0.39 is 0 Å². The maximum absolute atomic E-state index is 12.2. The number of hydrogen-bond donors (Lipinski definition) is 1. The van der Waals surface area contributed by atoms with Crippen LogP contribution in [0.1, 0.15) is 43.2 Å². The molecule has 0 atom stereocenters. The fourth-order valence-electron chi connectivity index (χ4n) is 2.81. The van der Waals surface area contributed by atoms with Crippen molar-refractivity contribution in [3.63, 3.8) is 0 Å². The Morgan fingerprint density at radius 1 is 1.29 bits per heavy atom. The molecule has 1 aliphatic carbocycles. The Kier molecular flexibility index (Phi) is 5.83. The third-order valence-electron chi connectivity index (χ3n) is 4.05. The molecule has 0 saturated heterocycles. The third-order valence-corrected chi connectivity index (χ3v) is 4.05. The van der Waals surface area contributed by atoms with E-state index in [2.05, 4.69) is 11.8 Å². The summed E-state index contributed by atoms with van der Waals surface area (Å²) in [6, 6.07) is 7.82. The molecule has 112 valence electrons. The van der Waals surface area contributed by atoms with E-state index in [1.165, 1.54) is 25.7 Å². The van der Waals surface area contributed by atoms with E-state index in [4.69, 9.17) is 5.11 Å². The molecule has 0 bridgehead atoms. The van der Waals surface area contributed by atoms with Crippen LogP contribution in [0.25, 0.3) is 0 Å². The summed E-state index contributed by atoms with van der Waals surface area (Å²) in [5.41, 5.74) is 1.99. The predicted molar refractivity (Wildman–Crippen MR) is 83.5 cm³/mol. The molecule has 1 amide bonds. The lowest BCUT2D eigenvalue weighted by atomic mass is 10.0. The second kappa shape index (κ2) is 7.85. The van der Waals surface area contributed by atoms with E-state index in [1.807, 2.05) is 36.2 Å². The molecule has 0 heterocycles. The SMILES string of the molecule is CN(Cc1ccc(C#CCO)cc1)C(=O)CC1CCCC1. The fourth-order valence-corrected chi connectivity index (χ4v) is 2.81. The Balaban J connectivity index is 1.86. The van der Waals surface area contributed by atoms with E-state index in [0.717, 1.165) is 11.1 Å². The molecular formula is C18H23NO2. The zero-order valence-corrected chi connectivity index (χ0v) is 12.6.